The number of hydrazone groups is 1. The Labute approximate surface area is 846 Å². The lowest BCUT2D eigenvalue weighted by Gasteiger charge is -2.35. The summed E-state index contributed by atoms with van der Waals surface area (Å²) in [6.07, 6.45) is 19.8. The van der Waals surface area contributed by atoms with Gasteiger partial charge >= 0.3 is 36.2 Å². The first-order chi connectivity index (χ1) is 67.4. The number of hydrogen-bond donors (Lipinski definition) is 10. The van der Waals surface area contributed by atoms with Crippen LogP contribution in [0.15, 0.2) is 148 Å². The quantitative estimate of drug-likeness (QED) is 0.0379. The predicted octanol–water partition coefficient (Wildman–Crippen LogP) is 13.4. The minimum atomic E-state index is -1.50. The van der Waals surface area contributed by atoms with E-state index >= 15 is 0 Å². The molecule has 16 rings (SSSR count). The van der Waals surface area contributed by atoms with E-state index in [2.05, 4.69) is 74.0 Å². The van der Waals surface area contributed by atoms with Crippen LogP contribution in [0.5, 0.6) is 0 Å². The maximum atomic E-state index is 14.5. The molecular formula is C101H126Br2FN15O21S2. The first-order valence-corrected chi connectivity index (χ1v) is 52.2. The summed E-state index contributed by atoms with van der Waals surface area (Å²) in [5.41, 5.74) is -3.77. The molecule has 11 heterocycles. The molecule has 4 aromatic heterocycles. The molecule has 36 nitrogen and oxygen atoms in total. The van der Waals surface area contributed by atoms with Crippen LogP contribution in [0.3, 0.4) is 0 Å². The molecule has 10 aliphatic rings. The number of carbonyl (C=O) groups excluding carboxylic acids is 9. The number of allylic oxidation sites excluding steroid dienone is 2. The Morgan fingerprint density at radius 1 is 0.521 bits per heavy atom. The van der Waals surface area contributed by atoms with Crippen LogP contribution >= 0.6 is 54.5 Å². The lowest BCUT2D eigenvalue weighted by atomic mass is 9.82. The van der Waals surface area contributed by atoms with Crippen LogP contribution in [0.25, 0.3) is 22.4 Å². The van der Waals surface area contributed by atoms with E-state index in [4.69, 9.17) is 19.3 Å². The molecule has 10 N–H and O–H groups in total. The van der Waals surface area contributed by atoms with Crippen molar-refractivity contribution in [2.75, 3.05) is 19.6 Å². The first-order valence-electron chi connectivity index (χ1n) is 48.7. The van der Waals surface area contributed by atoms with Gasteiger partial charge in [0, 0.05) is 62.0 Å². The van der Waals surface area contributed by atoms with Crippen molar-refractivity contribution in [3.05, 3.63) is 171 Å². The lowest BCUT2D eigenvalue weighted by Crippen LogP contribution is -2.58. The standard InChI is InChI=1S/C39H46FN5O7.C35H45N5O7S2.C27H35Br2N5O7/c1-38(2,3)52-37(51)41-30-15-11-6-4-5-10-14-26-22-39(26,36(49)50)42-33(46)32-20-28(23-44(32)35(30)48)45-34(47)29(24-16-18-27(40)19-17-24)21-31(43-45)25-12-8-7-9-13-25;1-34(2,3)47-33(46)37-26-10-8-6-4-5-7-9-23-16-35(23,32(44)45)38-29(41)27-15-24(18-39(27)30(26)42)40-31(43)28(22-12-14-49-20-22)25(17-36-40)21-11-13-48-19-21;1-26(2,3)41-25(40)31-18-10-8-6-4-5-7-9-15-12-27(15,24(38)39)32-21(35)19-11-16(14-33(19)22(18)36)34-23(37)20(29)17(28)13-30-34/h7-10,12-14,16-19,21,26,28,30,32-33,42,46H,4-6,11,15,20,22-23H2,1-3H3,(H,41,51)(H,49,50);11-14,17,19-20,23-28H,4-10,15-16,18H2,1-3H3,(H,37,46)(H,38,41)(H,44,45);7,9,13,15-16,18-19H,4-6,8,10-12,14H2,1-3H3,(H,31,40)(H,32,35)(H,38,39)/b14-10-;;9-7-/t26-,28+,30-,32?,33+,39+;23-,24+,25-,26-,27?,28?,35+;15-,16+,18-,19?,27+/m111/s1. The van der Waals surface area contributed by atoms with Crippen molar-refractivity contribution in [1.29, 1.82) is 0 Å². The highest BCUT2D eigenvalue weighted by Crippen LogP contribution is 2.51. The van der Waals surface area contributed by atoms with Crippen LogP contribution in [0.4, 0.5) is 18.8 Å². The van der Waals surface area contributed by atoms with Crippen LogP contribution < -0.4 is 43.0 Å². The summed E-state index contributed by atoms with van der Waals surface area (Å²) in [6.45, 7) is 15.4. The zero-order valence-corrected chi connectivity index (χ0v) is 85.8. The van der Waals surface area contributed by atoms with Crippen molar-refractivity contribution >= 4 is 132 Å². The van der Waals surface area contributed by atoms with Crippen molar-refractivity contribution in [3.8, 4) is 22.4 Å². The number of alkyl carbamates (subject to hydrolysis) is 3. The van der Waals surface area contributed by atoms with Crippen molar-refractivity contribution < 1.29 is 96.6 Å². The molecule has 3 saturated carbocycles. The number of carboxylic acids is 3. The molecule has 7 aliphatic heterocycles. The third kappa shape index (κ3) is 25.3. The van der Waals surface area contributed by atoms with Gasteiger partial charge in [-0.3, -0.25) is 48.5 Å². The predicted molar refractivity (Wildman–Crippen MR) is 532 cm³/mol. The number of aliphatic carboxylic acids is 3. The van der Waals surface area contributed by atoms with Gasteiger partial charge in [-0.05, 0) is 246 Å². The maximum Gasteiger partial charge on any atom is 0.408 e. The molecule has 0 bridgehead atoms. The minimum absolute atomic E-state index is 0.00449. The second kappa shape index (κ2) is 44.9. The third-order valence-electron chi connectivity index (χ3n) is 27.7. The number of fused-ring (bicyclic) bond motifs is 6. The fourth-order valence-electron chi connectivity index (χ4n) is 20.1. The van der Waals surface area contributed by atoms with E-state index in [0.29, 0.717) is 67.1 Å². The van der Waals surface area contributed by atoms with Gasteiger partial charge in [0.25, 0.3) is 17.0 Å². The number of hydrogen-bond acceptors (Lipinski definition) is 24. The van der Waals surface area contributed by atoms with E-state index < -0.39 is 183 Å². The molecule has 9 amide bonds. The SMILES string of the molecule is CC(C)(C)OC(=O)N[C@@H]1CCCCC/C=C\[C@@H]2C[C@]2(C(=O)O)NC(=O)C2C[C@H](n3ncc(Br)c(Br)c3=O)CN2C1=O.CC(C)(C)OC(=O)N[C@@H]1CCCCC/C=C\[C@@H]2C[C@]2(C(=O)O)N[C@@H](O)C2C[C@H](n3nc(-c4ccccc4)cc(-c4ccc(F)cc4)c3=O)CN2C1=O.CC(C)(C)OC(=O)N[C@@H]1CCCCCCC[C@@H]2C[C@]2(C(=O)O)NC(=O)C2C[C@H](N3N=C[C@H](c4ccsc4)C(c4ccsc4)C3=O)CN2C1=O. The Balaban J connectivity index is 0.000000170. The van der Waals surface area contributed by atoms with Crippen LogP contribution in [0.1, 0.15) is 245 Å². The molecule has 142 heavy (non-hydrogen) atoms. The number of halogens is 3. The molecule has 2 aromatic carbocycles. The molecule has 6 aromatic rings. The number of amides is 9. The number of nitrogens with zero attached hydrogens (tertiary/aromatic N) is 9. The van der Waals surface area contributed by atoms with E-state index in [0.717, 1.165) is 80.9 Å². The van der Waals surface area contributed by atoms with Gasteiger partial charge in [-0.25, -0.2) is 42.7 Å². The number of rotatable bonds is 13. The molecule has 41 heteroatoms. The zero-order chi connectivity index (χ0) is 102. The van der Waals surface area contributed by atoms with E-state index in [1.807, 2.05) is 88.3 Å². The number of carboxylic acid groups (broad SMARTS) is 3. The minimum Gasteiger partial charge on any atom is -0.480 e. The average Bonchev–Trinajstić information content (AvgIpc) is 1.58. The molecule has 18 atom stereocenters. The molecule has 4 saturated heterocycles. The number of nitrogens with one attached hydrogen (secondary N) is 6. The largest absolute Gasteiger partial charge is 0.480 e. The van der Waals surface area contributed by atoms with Gasteiger partial charge in [0.1, 0.15) is 80.1 Å². The van der Waals surface area contributed by atoms with Gasteiger partial charge in [-0.15, -0.1) is 0 Å². The van der Waals surface area contributed by atoms with Crippen molar-refractivity contribution in [1.82, 2.24) is 71.2 Å². The highest BCUT2D eigenvalue weighted by atomic mass is 79.9. The normalized spacial score (nSPS) is 29.4. The fourth-order valence-corrected chi connectivity index (χ4v) is 22.1. The van der Waals surface area contributed by atoms with Crippen LogP contribution in [-0.2, 0) is 57.4 Å². The van der Waals surface area contributed by atoms with Crippen molar-refractivity contribution in [3.63, 3.8) is 0 Å². The molecule has 3 aliphatic carbocycles. The number of thiophene rings is 2. The first kappa shape index (κ1) is 106. The number of aromatic nitrogens is 4. The van der Waals surface area contributed by atoms with E-state index in [-0.39, 0.29) is 91.4 Å². The van der Waals surface area contributed by atoms with Gasteiger partial charge in [0.05, 0.1) is 52.0 Å². The highest BCUT2D eigenvalue weighted by molar-refractivity contribution is 9.13. The van der Waals surface area contributed by atoms with Gasteiger partial charge in [-0.2, -0.15) is 38.0 Å². The average molecular weight is 2130 g/mol. The molecule has 764 valence electrons. The highest BCUT2D eigenvalue weighted by Gasteiger charge is 2.65. The Hall–Kier alpha value is -11.4. The summed E-state index contributed by atoms with van der Waals surface area (Å²) in [5.74, 6) is -8.40. The Morgan fingerprint density at radius 3 is 1.52 bits per heavy atom. The molecule has 0 radical (unpaired) electrons. The summed E-state index contributed by atoms with van der Waals surface area (Å²) < 4.78 is 33.5. The van der Waals surface area contributed by atoms with E-state index in [9.17, 15) is 91.9 Å². The van der Waals surface area contributed by atoms with Crippen LogP contribution in [0.2, 0.25) is 0 Å². The van der Waals surface area contributed by atoms with Gasteiger partial charge in [-0.1, -0.05) is 125 Å². The maximum absolute atomic E-state index is 14.5. The van der Waals surface area contributed by atoms with E-state index in [1.165, 1.54) is 70.9 Å². The smallest absolute Gasteiger partial charge is 0.408 e. The topological polar surface area (TPSA) is 481 Å². The van der Waals surface area contributed by atoms with Crippen LogP contribution in [-0.4, -0.2) is 239 Å². The monoisotopic (exact) mass is 2130 g/mol. The Bertz CT molecular complexity index is 5870. The summed E-state index contributed by atoms with van der Waals surface area (Å²) in [7, 11) is 0. The second-order valence-electron chi connectivity index (χ2n) is 41.4. The molecule has 7 fully saturated rings. The summed E-state index contributed by atoms with van der Waals surface area (Å²) in [4.78, 5) is 192. The Kier molecular flexibility index (Phi) is 33.6. The zero-order valence-electron chi connectivity index (χ0n) is 81.0. The van der Waals surface area contributed by atoms with Gasteiger partial charge in [0.15, 0.2) is 0 Å². The Morgan fingerprint density at radius 2 is 0.993 bits per heavy atom. The van der Waals surface area contributed by atoms with E-state index in [1.54, 1.807) is 85.9 Å². The van der Waals surface area contributed by atoms with Gasteiger partial charge in [0.2, 0.25) is 29.5 Å². The summed E-state index contributed by atoms with van der Waals surface area (Å²) in [6, 6.07) is 12.2. The number of ether oxygens (including phenoxy) is 3. The number of benzene rings is 2. The van der Waals surface area contributed by atoms with Crippen LogP contribution in [0, 0.1) is 23.6 Å². The molecule has 0 spiro atoms. The van der Waals surface area contributed by atoms with Gasteiger partial charge < -0.3 is 75.9 Å². The number of carbonyl (C=O) groups is 12. The lowest BCUT2D eigenvalue weighted by molar-refractivity contribution is -0.146. The van der Waals surface area contributed by atoms with Crippen molar-refractivity contribution in [2.45, 2.75) is 316 Å². The molecular weight excluding hydrogens is 2000 g/mol. The summed E-state index contributed by atoms with van der Waals surface area (Å²) in [5, 5.41) is 81.8. The number of aliphatic hydroxyl groups excluding tert-OH is 1. The number of aliphatic hydroxyl groups is 1. The third-order valence-corrected chi connectivity index (χ3v) is 31.0. The molecule has 4 unspecified atom stereocenters. The van der Waals surface area contributed by atoms with Crippen molar-refractivity contribution in [2.24, 2.45) is 22.9 Å². The second-order valence-corrected chi connectivity index (χ2v) is 44.6. The summed E-state index contributed by atoms with van der Waals surface area (Å²) >= 11 is 9.55. The fraction of sp³-hybridized carbons (Fsp3) is 0.554.